The lowest BCUT2D eigenvalue weighted by Gasteiger charge is -2.29. The fraction of sp³-hybridized carbons (Fsp3) is 0.333. The molecule has 2 aromatic rings. The Labute approximate surface area is 127 Å². The molecule has 1 N–H and O–H groups in total. The number of benzene rings is 2. The molecular formula is C18H21BFO. The van der Waals surface area contributed by atoms with E-state index in [1.165, 1.54) is 11.6 Å². The number of hydrogen-bond donors (Lipinski definition) is 1. The summed E-state index contributed by atoms with van der Waals surface area (Å²) in [6.07, 6.45) is 1.63. The predicted molar refractivity (Wildman–Crippen MR) is 85.9 cm³/mol. The van der Waals surface area contributed by atoms with Crippen LogP contribution in [0.5, 0.6) is 0 Å². The highest BCUT2D eigenvalue weighted by Crippen LogP contribution is 2.29. The largest absolute Gasteiger partial charge is 0.392 e. The van der Waals surface area contributed by atoms with Crippen molar-refractivity contribution >= 4 is 7.28 Å². The van der Waals surface area contributed by atoms with Gasteiger partial charge in [0.15, 0.2) is 0 Å². The highest BCUT2D eigenvalue weighted by atomic mass is 19.1. The zero-order chi connectivity index (χ0) is 15.3. The molecule has 0 aliphatic carbocycles. The molecule has 0 aliphatic heterocycles. The molecule has 109 valence electrons. The molecule has 0 bridgehead atoms. The quantitative estimate of drug-likeness (QED) is 0.798. The zero-order valence-electron chi connectivity index (χ0n) is 12.6. The van der Waals surface area contributed by atoms with Crippen molar-refractivity contribution in [1.82, 2.24) is 0 Å². The summed E-state index contributed by atoms with van der Waals surface area (Å²) in [7, 11) is 2.18. The van der Waals surface area contributed by atoms with E-state index in [2.05, 4.69) is 21.1 Å². The second-order valence-corrected chi connectivity index (χ2v) is 5.63. The first-order chi connectivity index (χ1) is 10.1. The van der Waals surface area contributed by atoms with E-state index in [0.717, 1.165) is 23.9 Å². The number of rotatable bonds is 6. The normalized spacial score (nSPS) is 13.7. The van der Waals surface area contributed by atoms with Crippen LogP contribution < -0.4 is 0 Å². The van der Waals surface area contributed by atoms with E-state index in [0.29, 0.717) is 0 Å². The fourth-order valence-electron chi connectivity index (χ4n) is 2.49. The summed E-state index contributed by atoms with van der Waals surface area (Å²) in [6.45, 7) is 4.22. The molecular weight excluding hydrogens is 262 g/mol. The van der Waals surface area contributed by atoms with Gasteiger partial charge in [-0.1, -0.05) is 74.6 Å². The molecule has 1 radical (unpaired) electrons. The standard InChI is InChI=1S/C18H21BFO/c1-3-18(2,16-6-4-5-7-17(16)20)19-12-14-8-10-15(13-21)11-9-14/h4-11,21H,3,12-13H2,1-2H3. The minimum atomic E-state index is -0.277. The molecule has 3 heteroatoms. The van der Waals surface area contributed by atoms with Crippen LogP contribution in [0.15, 0.2) is 48.5 Å². The molecule has 21 heavy (non-hydrogen) atoms. The monoisotopic (exact) mass is 283 g/mol. The predicted octanol–water partition coefficient (Wildman–Crippen LogP) is 3.85. The summed E-state index contributed by atoms with van der Waals surface area (Å²) in [5.41, 5.74) is 2.83. The van der Waals surface area contributed by atoms with Gasteiger partial charge in [-0.25, -0.2) is 4.39 Å². The van der Waals surface area contributed by atoms with Crippen LogP contribution in [0.1, 0.15) is 37.0 Å². The van der Waals surface area contributed by atoms with Crippen LogP contribution >= 0.6 is 0 Å². The van der Waals surface area contributed by atoms with Crippen molar-refractivity contribution in [2.45, 2.75) is 38.5 Å². The SMILES string of the molecule is CCC(C)([B]Cc1ccc(CO)cc1)c1ccccc1F. The van der Waals surface area contributed by atoms with Crippen LogP contribution in [0.3, 0.4) is 0 Å². The van der Waals surface area contributed by atoms with Gasteiger partial charge in [0, 0.05) is 0 Å². The number of aliphatic hydroxyl groups is 1. The third kappa shape index (κ3) is 3.73. The molecule has 1 unspecified atom stereocenters. The van der Waals surface area contributed by atoms with E-state index >= 15 is 0 Å². The maximum absolute atomic E-state index is 14.0. The third-order valence-electron chi connectivity index (χ3n) is 4.22. The van der Waals surface area contributed by atoms with Crippen molar-refractivity contribution in [2.24, 2.45) is 0 Å². The molecule has 2 rings (SSSR count). The maximum Gasteiger partial charge on any atom is 0.129 e. The third-order valence-corrected chi connectivity index (χ3v) is 4.22. The van der Waals surface area contributed by atoms with Gasteiger partial charge in [-0.3, -0.25) is 0 Å². The lowest BCUT2D eigenvalue weighted by Crippen LogP contribution is -2.31. The molecule has 0 spiro atoms. The Morgan fingerprint density at radius 3 is 2.24 bits per heavy atom. The van der Waals surface area contributed by atoms with Crippen LogP contribution in [0.2, 0.25) is 0 Å². The highest BCUT2D eigenvalue weighted by Gasteiger charge is 2.27. The first kappa shape index (κ1) is 15.8. The van der Waals surface area contributed by atoms with Gasteiger partial charge in [-0.05, 0) is 22.5 Å². The van der Waals surface area contributed by atoms with Crippen LogP contribution in [-0.4, -0.2) is 12.4 Å². The lowest BCUT2D eigenvalue weighted by molar-refractivity contribution is 0.282. The lowest BCUT2D eigenvalue weighted by atomic mass is 9.47. The Balaban J connectivity index is 2.13. The molecule has 0 saturated carbocycles. The van der Waals surface area contributed by atoms with Gasteiger partial charge in [0.2, 0.25) is 0 Å². The highest BCUT2D eigenvalue weighted by molar-refractivity contribution is 6.39. The van der Waals surface area contributed by atoms with Gasteiger partial charge in [0.25, 0.3) is 0 Å². The molecule has 0 heterocycles. The van der Waals surface area contributed by atoms with Crippen molar-refractivity contribution < 1.29 is 9.50 Å². The van der Waals surface area contributed by atoms with Crippen LogP contribution in [0.4, 0.5) is 4.39 Å². The van der Waals surface area contributed by atoms with Gasteiger partial charge in [0.1, 0.15) is 13.1 Å². The molecule has 1 atom stereocenters. The van der Waals surface area contributed by atoms with Gasteiger partial charge in [0.05, 0.1) is 6.61 Å². The van der Waals surface area contributed by atoms with Crippen LogP contribution in [-0.2, 0) is 18.2 Å². The van der Waals surface area contributed by atoms with E-state index in [1.807, 2.05) is 36.4 Å². The van der Waals surface area contributed by atoms with Gasteiger partial charge < -0.3 is 5.11 Å². The van der Waals surface area contributed by atoms with E-state index < -0.39 is 0 Å². The van der Waals surface area contributed by atoms with Crippen molar-refractivity contribution in [2.75, 3.05) is 0 Å². The second kappa shape index (κ2) is 6.90. The van der Waals surface area contributed by atoms with Crippen LogP contribution in [0, 0.1) is 5.82 Å². The Kier molecular flexibility index (Phi) is 5.19. The second-order valence-electron chi connectivity index (χ2n) is 5.63. The number of halogens is 1. The maximum atomic E-state index is 14.0. The van der Waals surface area contributed by atoms with E-state index in [9.17, 15) is 4.39 Å². The van der Waals surface area contributed by atoms with Crippen LogP contribution in [0.25, 0.3) is 0 Å². The van der Waals surface area contributed by atoms with Crippen molar-refractivity contribution in [3.05, 3.63) is 71.0 Å². The molecule has 0 aliphatic rings. The summed E-state index contributed by atoms with van der Waals surface area (Å²) in [5.74, 6) is -0.145. The smallest absolute Gasteiger partial charge is 0.129 e. The molecule has 0 saturated heterocycles. The Hall–Kier alpha value is -1.61. The van der Waals surface area contributed by atoms with Crippen molar-refractivity contribution in [1.29, 1.82) is 0 Å². The molecule has 0 amide bonds. The Morgan fingerprint density at radius 1 is 1.05 bits per heavy atom. The Morgan fingerprint density at radius 2 is 1.67 bits per heavy atom. The van der Waals surface area contributed by atoms with Crippen molar-refractivity contribution in [3.63, 3.8) is 0 Å². The summed E-state index contributed by atoms with van der Waals surface area (Å²) < 4.78 is 14.0. The first-order valence-electron chi connectivity index (χ1n) is 7.37. The molecule has 0 aromatic heterocycles. The van der Waals surface area contributed by atoms with Gasteiger partial charge >= 0.3 is 0 Å². The van der Waals surface area contributed by atoms with Gasteiger partial charge in [-0.15, -0.1) is 0 Å². The number of aliphatic hydroxyl groups excluding tert-OH is 1. The minimum Gasteiger partial charge on any atom is -0.392 e. The molecule has 2 aromatic carbocycles. The van der Waals surface area contributed by atoms with Crippen molar-refractivity contribution in [3.8, 4) is 0 Å². The first-order valence-corrected chi connectivity index (χ1v) is 7.37. The summed E-state index contributed by atoms with van der Waals surface area (Å²) in [4.78, 5) is 0. The van der Waals surface area contributed by atoms with Gasteiger partial charge in [-0.2, -0.15) is 0 Å². The summed E-state index contributed by atoms with van der Waals surface area (Å²) in [6, 6.07) is 14.9. The Bertz CT molecular complexity index is 582. The minimum absolute atomic E-state index is 0.0614. The van der Waals surface area contributed by atoms with E-state index in [1.54, 1.807) is 6.07 Å². The van der Waals surface area contributed by atoms with E-state index in [-0.39, 0.29) is 17.7 Å². The summed E-state index contributed by atoms with van der Waals surface area (Å²) in [5, 5.41) is 8.78. The fourth-order valence-corrected chi connectivity index (χ4v) is 2.49. The topological polar surface area (TPSA) is 20.2 Å². The average molecular weight is 283 g/mol. The zero-order valence-corrected chi connectivity index (χ0v) is 12.6. The molecule has 0 fully saturated rings. The molecule has 1 nitrogen and oxygen atoms in total. The number of hydrogen-bond acceptors (Lipinski definition) is 1. The van der Waals surface area contributed by atoms with E-state index in [4.69, 9.17) is 5.11 Å². The average Bonchev–Trinajstić information content (AvgIpc) is 2.53. The summed E-state index contributed by atoms with van der Waals surface area (Å²) >= 11 is 0.